The Labute approximate surface area is 114 Å². The Morgan fingerprint density at radius 3 is 2.61 bits per heavy atom. The fraction of sp³-hybridized carbons (Fsp3) is 0.182. The minimum atomic E-state index is 0.393. The van der Waals surface area contributed by atoms with Crippen molar-refractivity contribution in [3.05, 3.63) is 40.7 Å². The van der Waals surface area contributed by atoms with Crippen LogP contribution in [-0.2, 0) is 0 Å². The Hall–Kier alpha value is -1.53. The minimum Gasteiger partial charge on any atom is -0.382 e. The van der Waals surface area contributed by atoms with E-state index in [4.69, 9.17) is 17.3 Å². The summed E-state index contributed by atoms with van der Waals surface area (Å²) in [5.41, 5.74) is 6.76. The second-order valence-electron chi connectivity index (χ2n) is 3.54. The Kier molecular flexibility index (Phi) is 3.88. The Balaban J connectivity index is 2.38. The summed E-state index contributed by atoms with van der Waals surface area (Å²) in [5, 5.41) is 13.6. The molecule has 0 aliphatic rings. The van der Waals surface area contributed by atoms with Crippen molar-refractivity contribution in [2.24, 2.45) is 10.8 Å². The summed E-state index contributed by atoms with van der Waals surface area (Å²) in [4.78, 5) is 0. The molecule has 18 heavy (non-hydrogen) atoms. The van der Waals surface area contributed by atoms with Gasteiger partial charge in [-0.3, -0.25) is 0 Å². The van der Waals surface area contributed by atoms with E-state index < -0.39 is 0 Å². The largest absolute Gasteiger partial charge is 0.382 e. The summed E-state index contributed by atoms with van der Waals surface area (Å²) in [6.45, 7) is 1.82. The zero-order chi connectivity index (χ0) is 13.1. The van der Waals surface area contributed by atoms with Gasteiger partial charge in [0.2, 0.25) is 5.16 Å². The minimum absolute atomic E-state index is 0.393. The topological polar surface area (TPSA) is 69.1 Å². The van der Waals surface area contributed by atoms with E-state index in [9.17, 15) is 0 Å². The maximum atomic E-state index is 5.95. The Morgan fingerprint density at radius 1 is 1.33 bits per heavy atom. The average molecular weight is 282 g/mol. The molecule has 2 rings (SSSR count). The second-order valence-corrected chi connectivity index (χ2v) is 4.75. The van der Waals surface area contributed by atoms with Crippen molar-refractivity contribution < 1.29 is 0 Å². The van der Waals surface area contributed by atoms with Crippen LogP contribution in [-0.4, -0.2) is 27.0 Å². The van der Waals surface area contributed by atoms with Crippen molar-refractivity contribution >= 4 is 29.2 Å². The van der Waals surface area contributed by atoms with Crippen LogP contribution in [0, 0.1) is 6.92 Å². The molecule has 0 fully saturated rings. The van der Waals surface area contributed by atoms with Gasteiger partial charge in [-0.15, -0.1) is 15.3 Å². The van der Waals surface area contributed by atoms with E-state index in [1.807, 2.05) is 25.3 Å². The molecular formula is C11H12ClN5S. The third kappa shape index (κ3) is 2.65. The molecule has 5 nitrogen and oxygen atoms in total. The normalized spacial score (nSPS) is 11.8. The first-order chi connectivity index (χ1) is 8.61. The number of amidine groups is 1. The van der Waals surface area contributed by atoms with Gasteiger partial charge in [0.15, 0.2) is 11.7 Å². The predicted molar refractivity (Wildman–Crippen MR) is 74.1 cm³/mol. The number of hydrogen-bond donors (Lipinski definition) is 1. The second kappa shape index (κ2) is 5.41. The summed E-state index contributed by atoms with van der Waals surface area (Å²) in [5.74, 6) is 1.08. The number of nitrogens with zero attached hydrogens (tertiary/aromatic N) is 4. The van der Waals surface area contributed by atoms with E-state index in [0.717, 1.165) is 5.56 Å². The highest BCUT2D eigenvalue weighted by Crippen LogP contribution is 2.14. The molecule has 0 spiro atoms. The quantitative estimate of drug-likeness (QED) is 0.532. The van der Waals surface area contributed by atoms with Crippen LogP contribution in [0.15, 0.2) is 34.5 Å². The molecule has 0 amide bonds. The van der Waals surface area contributed by atoms with Gasteiger partial charge in [-0.1, -0.05) is 23.4 Å². The molecule has 0 aliphatic heterocycles. The van der Waals surface area contributed by atoms with Gasteiger partial charge >= 0.3 is 0 Å². The van der Waals surface area contributed by atoms with E-state index >= 15 is 0 Å². The predicted octanol–water partition coefficient (Wildman–Crippen LogP) is 2.13. The van der Waals surface area contributed by atoms with Gasteiger partial charge in [0, 0.05) is 10.6 Å². The molecule has 0 saturated carbocycles. The first-order valence-electron chi connectivity index (χ1n) is 5.18. The number of rotatable bonds is 3. The molecule has 0 atom stereocenters. The lowest BCUT2D eigenvalue weighted by molar-refractivity contribution is 0.740. The number of hydrogen-bond acceptors (Lipinski definition) is 4. The van der Waals surface area contributed by atoms with Gasteiger partial charge in [0.25, 0.3) is 0 Å². The van der Waals surface area contributed by atoms with E-state index in [2.05, 4.69) is 15.3 Å². The van der Waals surface area contributed by atoms with Gasteiger partial charge in [0.1, 0.15) is 0 Å². The van der Waals surface area contributed by atoms with Crippen LogP contribution in [0.4, 0.5) is 0 Å². The van der Waals surface area contributed by atoms with Crippen LogP contribution in [0.1, 0.15) is 11.4 Å². The first-order valence-corrected chi connectivity index (χ1v) is 6.78. The van der Waals surface area contributed by atoms with E-state index in [-0.39, 0.29) is 0 Å². The van der Waals surface area contributed by atoms with Crippen LogP contribution in [0.2, 0.25) is 5.02 Å². The standard InChI is InChI=1S/C11H12ClN5S/c1-7-14-15-11(18-2)17(7)16-10(13)8-3-5-9(12)6-4-8/h3-6H,1-2H3,(H2,13,16). The summed E-state index contributed by atoms with van der Waals surface area (Å²) < 4.78 is 1.62. The van der Waals surface area contributed by atoms with Crippen molar-refractivity contribution in [3.63, 3.8) is 0 Å². The first kappa shape index (κ1) is 12.9. The van der Waals surface area contributed by atoms with Crippen molar-refractivity contribution in [2.45, 2.75) is 12.1 Å². The monoisotopic (exact) mass is 281 g/mol. The molecule has 1 aromatic heterocycles. The molecule has 2 aromatic rings. The number of halogens is 1. The highest BCUT2D eigenvalue weighted by molar-refractivity contribution is 7.98. The fourth-order valence-corrected chi connectivity index (χ4v) is 1.96. The van der Waals surface area contributed by atoms with Crippen LogP contribution < -0.4 is 5.73 Å². The molecule has 0 radical (unpaired) electrons. The lowest BCUT2D eigenvalue weighted by Crippen LogP contribution is -2.15. The zero-order valence-electron chi connectivity index (χ0n) is 9.96. The highest BCUT2D eigenvalue weighted by Gasteiger charge is 2.07. The van der Waals surface area contributed by atoms with Gasteiger partial charge in [0.05, 0.1) is 0 Å². The number of benzene rings is 1. The highest BCUT2D eigenvalue weighted by atomic mass is 35.5. The SMILES string of the molecule is CSc1nnc(C)n1/N=C(\N)c1ccc(Cl)cc1. The van der Waals surface area contributed by atoms with Crippen LogP contribution in [0.3, 0.4) is 0 Å². The van der Waals surface area contributed by atoms with Crippen LogP contribution >= 0.6 is 23.4 Å². The fourth-order valence-electron chi connectivity index (χ4n) is 1.37. The third-order valence-corrected chi connectivity index (χ3v) is 3.17. The van der Waals surface area contributed by atoms with Crippen molar-refractivity contribution in [1.82, 2.24) is 14.9 Å². The number of aryl methyl sites for hydroxylation is 1. The van der Waals surface area contributed by atoms with E-state index in [1.54, 1.807) is 16.8 Å². The molecular weight excluding hydrogens is 270 g/mol. The summed E-state index contributed by atoms with van der Waals surface area (Å²) in [6.07, 6.45) is 1.91. The maximum Gasteiger partial charge on any atom is 0.211 e. The average Bonchev–Trinajstić information content (AvgIpc) is 2.71. The molecule has 0 bridgehead atoms. The third-order valence-electron chi connectivity index (χ3n) is 2.30. The van der Waals surface area contributed by atoms with E-state index in [0.29, 0.717) is 21.8 Å². The molecule has 0 saturated heterocycles. The Morgan fingerprint density at radius 2 is 2.00 bits per heavy atom. The zero-order valence-corrected chi connectivity index (χ0v) is 11.5. The number of thioether (sulfide) groups is 1. The maximum absolute atomic E-state index is 5.95. The lowest BCUT2D eigenvalue weighted by Gasteiger charge is -2.03. The molecule has 1 heterocycles. The van der Waals surface area contributed by atoms with Gasteiger partial charge in [-0.25, -0.2) is 0 Å². The van der Waals surface area contributed by atoms with Crippen molar-refractivity contribution in [3.8, 4) is 0 Å². The van der Waals surface area contributed by atoms with Gasteiger partial charge in [-0.2, -0.15) is 4.68 Å². The number of aromatic nitrogens is 3. The smallest absolute Gasteiger partial charge is 0.211 e. The molecule has 1 aromatic carbocycles. The molecule has 2 N–H and O–H groups in total. The summed E-state index contributed by atoms with van der Waals surface area (Å²) in [7, 11) is 0. The summed E-state index contributed by atoms with van der Waals surface area (Å²) >= 11 is 7.28. The Bertz CT molecular complexity index is 576. The van der Waals surface area contributed by atoms with Crippen molar-refractivity contribution in [2.75, 3.05) is 6.26 Å². The molecule has 0 aliphatic carbocycles. The van der Waals surface area contributed by atoms with Gasteiger partial charge in [-0.05, 0) is 37.4 Å². The molecule has 0 unspecified atom stereocenters. The van der Waals surface area contributed by atoms with Gasteiger partial charge < -0.3 is 5.73 Å². The van der Waals surface area contributed by atoms with Crippen LogP contribution in [0.25, 0.3) is 0 Å². The van der Waals surface area contributed by atoms with E-state index in [1.165, 1.54) is 11.8 Å². The molecule has 7 heteroatoms. The lowest BCUT2D eigenvalue weighted by atomic mass is 10.2. The molecule has 94 valence electrons. The number of nitrogens with two attached hydrogens (primary N) is 1. The van der Waals surface area contributed by atoms with Crippen LogP contribution in [0.5, 0.6) is 0 Å². The van der Waals surface area contributed by atoms with Crippen molar-refractivity contribution in [1.29, 1.82) is 0 Å². The summed E-state index contributed by atoms with van der Waals surface area (Å²) in [6, 6.07) is 7.18.